The molecular formula is C34H27NO9. The summed E-state index contributed by atoms with van der Waals surface area (Å²) in [5, 5.41) is 47.5. The van der Waals surface area contributed by atoms with Crippen LogP contribution in [0.15, 0.2) is 30.3 Å². The molecule has 0 amide bonds. The van der Waals surface area contributed by atoms with Crippen molar-refractivity contribution in [2.45, 2.75) is 39.8 Å². The van der Waals surface area contributed by atoms with Crippen LogP contribution in [0.2, 0.25) is 0 Å². The van der Waals surface area contributed by atoms with Crippen molar-refractivity contribution in [3.8, 4) is 39.9 Å². The molecule has 3 aliphatic rings. The maximum Gasteiger partial charge on any atom is 0.344 e. The fraction of sp³-hybridized carbons (Fsp3) is 0.206. The maximum atomic E-state index is 13.8. The van der Waals surface area contributed by atoms with Gasteiger partial charge in [0, 0.05) is 39.1 Å². The Kier molecular flexibility index (Phi) is 5.74. The number of esters is 1. The first-order valence-electron chi connectivity index (χ1n) is 14.0. The molecule has 1 unspecified atom stereocenters. The minimum Gasteiger partial charge on any atom is -0.508 e. The number of carbonyl (C=O) groups excluding carboxylic acids is 3. The van der Waals surface area contributed by atoms with E-state index in [1.165, 1.54) is 14.0 Å². The summed E-state index contributed by atoms with van der Waals surface area (Å²) in [5.41, 5.74) is 3.13. The topological polar surface area (TPSA) is 163 Å². The smallest absolute Gasteiger partial charge is 0.344 e. The van der Waals surface area contributed by atoms with E-state index in [1.807, 2.05) is 32.0 Å². The van der Waals surface area contributed by atoms with Crippen molar-refractivity contribution in [1.82, 2.24) is 0 Å². The largest absolute Gasteiger partial charge is 0.508 e. The second-order valence-corrected chi connectivity index (χ2v) is 11.5. The van der Waals surface area contributed by atoms with Crippen LogP contribution in [-0.4, -0.2) is 45.1 Å². The monoisotopic (exact) mass is 593 g/mol. The molecule has 0 radical (unpaired) electrons. The second-order valence-electron chi connectivity index (χ2n) is 11.5. The third-order valence-electron chi connectivity index (χ3n) is 8.72. The number of nitrogens with one attached hydrogen (secondary N) is 1. The lowest BCUT2D eigenvalue weighted by molar-refractivity contribution is 0.0435. The molecule has 0 saturated carbocycles. The number of hydrogen-bond acceptors (Lipinski definition) is 10. The summed E-state index contributed by atoms with van der Waals surface area (Å²) in [4.78, 5) is 40.7. The van der Waals surface area contributed by atoms with E-state index in [0.717, 1.165) is 22.9 Å². The molecule has 0 spiro atoms. The van der Waals surface area contributed by atoms with Crippen LogP contribution >= 0.6 is 0 Å². The normalized spacial score (nSPS) is 16.0. The Bertz CT molecular complexity index is 2020. The molecule has 0 fully saturated rings. The third-order valence-corrected chi connectivity index (χ3v) is 8.72. The fourth-order valence-corrected chi connectivity index (χ4v) is 6.81. The zero-order valence-electron chi connectivity index (χ0n) is 24.2. The van der Waals surface area contributed by atoms with Gasteiger partial charge in [-0.05, 0) is 74.6 Å². The van der Waals surface area contributed by atoms with Gasteiger partial charge in [0.25, 0.3) is 0 Å². The Labute approximate surface area is 251 Å². The van der Waals surface area contributed by atoms with Crippen LogP contribution in [-0.2, 0) is 17.6 Å². The maximum absolute atomic E-state index is 13.8. The molecule has 1 atom stereocenters. The molecule has 10 heteroatoms. The van der Waals surface area contributed by atoms with E-state index >= 15 is 0 Å². The molecule has 0 aromatic heterocycles. The predicted octanol–water partition coefficient (Wildman–Crippen LogP) is 5.26. The van der Waals surface area contributed by atoms with E-state index in [1.54, 1.807) is 6.07 Å². The van der Waals surface area contributed by atoms with Gasteiger partial charge < -0.3 is 35.2 Å². The van der Waals surface area contributed by atoms with E-state index < -0.39 is 46.8 Å². The van der Waals surface area contributed by atoms with Crippen molar-refractivity contribution in [1.29, 1.82) is 0 Å². The van der Waals surface area contributed by atoms with Gasteiger partial charge in [-0.1, -0.05) is 6.07 Å². The van der Waals surface area contributed by atoms with Crippen molar-refractivity contribution in [3.63, 3.8) is 0 Å². The number of aryl methyl sites for hydroxylation is 3. The molecule has 0 saturated heterocycles. The SMILES string of the molecule is COc1c2c(c(O)c3c1C(=O)c1c(cc(O)c(C)c1O)C3=O)-c1c(cc3c(c1O)C(=O)OC3Nc1cc(C)cc(C)c1)CC2. The van der Waals surface area contributed by atoms with Crippen molar-refractivity contribution < 1.29 is 44.3 Å². The number of carbonyl (C=O) groups is 3. The highest BCUT2D eigenvalue weighted by atomic mass is 16.6. The number of rotatable bonds is 3. The summed E-state index contributed by atoms with van der Waals surface area (Å²) in [6, 6.07) is 8.67. The standard InChI is InChI=1S/C34H27NO9/c1-12-7-13(2)9-16(8-12)35-33-19-10-15-5-6-17-22(21(15)29(39)24(19)34(42)44-33)30(40)25-26(32(17)43-4)31(41)23-18(28(25)38)11-20(36)14(3)27(23)37/h7-11,33,35-37,39-40H,5-6H2,1-4H3. The second kappa shape index (κ2) is 9.24. The van der Waals surface area contributed by atoms with Gasteiger partial charge in [-0.25, -0.2) is 4.79 Å². The molecule has 10 nitrogen and oxygen atoms in total. The average molecular weight is 594 g/mol. The molecule has 2 aliphatic carbocycles. The number of hydrogen-bond donors (Lipinski definition) is 5. The number of cyclic esters (lactones) is 1. The van der Waals surface area contributed by atoms with Crippen molar-refractivity contribution in [2.24, 2.45) is 0 Å². The van der Waals surface area contributed by atoms with Gasteiger partial charge in [-0.15, -0.1) is 0 Å². The first-order chi connectivity index (χ1) is 20.9. The van der Waals surface area contributed by atoms with Crippen molar-refractivity contribution >= 4 is 23.2 Å². The average Bonchev–Trinajstić information content (AvgIpc) is 3.28. The number of phenolic OH excluding ortho intramolecular Hbond substituents is 4. The number of fused-ring (bicyclic) bond motifs is 6. The summed E-state index contributed by atoms with van der Waals surface area (Å²) < 4.78 is 11.3. The Balaban J connectivity index is 1.43. The fourth-order valence-electron chi connectivity index (χ4n) is 6.81. The predicted molar refractivity (Wildman–Crippen MR) is 158 cm³/mol. The lowest BCUT2D eigenvalue weighted by Crippen LogP contribution is -2.24. The zero-order valence-corrected chi connectivity index (χ0v) is 24.2. The van der Waals surface area contributed by atoms with Gasteiger partial charge in [0.1, 0.15) is 34.3 Å². The molecule has 7 rings (SSSR count). The van der Waals surface area contributed by atoms with Crippen LogP contribution < -0.4 is 10.1 Å². The number of phenols is 4. The molecule has 4 aromatic rings. The third kappa shape index (κ3) is 3.57. The van der Waals surface area contributed by atoms with Gasteiger partial charge in [0.2, 0.25) is 12.0 Å². The number of ketones is 2. The molecule has 222 valence electrons. The van der Waals surface area contributed by atoms with Gasteiger partial charge >= 0.3 is 5.97 Å². The molecule has 5 N–H and O–H groups in total. The van der Waals surface area contributed by atoms with Crippen LogP contribution in [0.25, 0.3) is 11.1 Å². The quantitative estimate of drug-likeness (QED) is 0.174. The van der Waals surface area contributed by atoms with E-state index in [0.29, 0.717) is 23.1 Å². The van der Waals surface area contributed by atoms with Crippen molar-refractivity contribution in [3.05, 3.63) is 91.5 Å². The minimum absolute atomic E-state index is 0.0180. The van der Waals surface area contributed by atoms with Gasteiger partial charge in [-0.3, -0.25) is 9.59 Å². The number of methoxy groups -OCH3 is 1. The van der Waals surface area contributed by atoms with E-state index in [-0.39, 0.29) is 56.7 Å². The van der Waals surface area contributed by atoms with Crippen LogP contribution in [0.3, 0.4) is 0 Å². The number of ether oxygens (including phenoxy) is 2. The first-order valence-corrected chi connectivity index (χ1v) is 14.0. The van der Waals surface area contributed by atoms with Crippen LogP contribution in [0.5, 0.6) is 28.7 Å². The molecule has 1 heterocycles. The van der Waals surface area contributed by atoms with Gasteiger partial charge in [0.15, 0.2) is 5.78 Å². The molecule has 44 heavy (non-hydrogen) atoms. The van der Waals surface area contributed by atoms with E-state index in [2.05, 4.69) is 5.32 Å². The first kappa shape index (κ1) is 27.3. The number of benzene rings is 4. The summed E-state index contributed by atoms with van der Waals surface area (Å²) >= 11 is 0. The Morgan fingerprint density at radius 3 is 2.11 bits per heavy atom. The molecule has 4 aromatic carbocycles. The Hall–Kier alpha value is -5.51. The van der Waals surface area contributed by atoms with Crippen LogP contribution in [0, 0.1) is 20.8 Å². The molecule has 0 bridgehead atoms. The number of aromatic hydroxyl groups is 4. The van der Waals surface area contributed by atoms with Crippen LogP contribution in [0.1, 0.15) is 81.8 Å². The Morgan fingerprint density at radius 1 is 0.750 bits per heavy atom. The van der Waals surface area contributed by atoms with Gasteiger partial charge in [-0.2, -0.15) is 0 Å². The summed E-state index contributed by atoms with van der Waals surface area (Å²) in [6.07, 6.45) is -0.259. The zero-order chi connectivity index (χ0) is 31.4. The summed E-state index contributed by atoms with van der Waals surface area (Å²) in [7, 11) is 1.32. The van der Waals surface area contributed by atoms with Gasteiger partial charge in [0.05, 0.1) is 23.8 Å². The van der Waals surface area contributed by atoms with Crippen LogP contribution in [0.4, 0.5) is 5.69 Å². The van der Waals surface area contributed by atoms with E-state index in [9.17, 15) is 34.8 Å². The van der Waals surface area contributed by atoms with E-state index in [4.69, 9.17) is 9.47 Å². The molecule has 1 aliphatic heterocycles. The molecular weight excluding hydrogens is 566 g/mol. The summed E-state index contributed by atoms with van der Waals surface area (Å²) in [5.74, 6) is -4.25. The minimum atomic E-state index is -0.873. The number of anilines is 1. The lowest BCUT2D eigenvalue weighted by Gasteiger charge is -2.30. The lowest BCUT2D eigenvalue weighted by atomic mass is 9.75. The highest BCUT2D eigenvalue weighted by Crippen LogP contribution is 2.55. The summed E-state index contributed by atoms with van der Waals surface area (Å²) in [6.45, 7) is 5.32. The highest BCUT2D eigenvalue weighted by Gasteiger charge is 2.44. The highest BCUT2D eigenvalue weighted by molar-refractivity contribution is 6.32. The van der Waals surface area contributed by atoms with Crippen molar-refractivity contribution in [2.75, 3.05) is 12.4 Å². The Morgan fingerprint density at radius 2 is 1.43 bits per heavy atom.